The monoisotopic (exact) mass is 452 g/mol. The van der Waals surface area contributed by atoms with E-state index >= 15 is 0 Å². The van der Waals surface area contributed by atoms with Gasteiger partial charge in [0.2, 0.25) is 0 Å². The van der Waals surface area contributed by atoms with Gasteiger partial charge in [-0.2, -0.15) is 13.2 Å². The Hall–Kier alpha value is -2.20. The molecule has 10 heteroatoms. The van der Waals surface area contributed by atoms with E-state index in [1.807, 2.05) is 9.58 Å². The van der Waals surface area contributed by atoms with Crippen molar-refractivity contribution in [2.24, 2.45) is 0 Å². The number of anilines is 1. The topological polar surface area (TPSA) is 59.3 Å². The quantitative estimate of drug-likeness (QED) is 0.605. The molecule has 2 saturated heterocycles. The Morgan fingerprint density at radius 1 is 1.19 bits per heavy atom. The van der Waals surface area contributed by atoms with Crippen molar-refractivity contribution in [1.29, 1.82) is 0 Å². The average molecular weight is 453 g/mol. The Labute approximate surface area is 186 Å². The molecule has 0 bridgehead atoms. The summed E-state index contributed by atoms with van der Waals surface area (Å²) in [7, 11) is 0. The highest BCUT2D eigenvalue weighted by Crippen LogP contribution is 2.33. The number of piperazine rings is 1. The van der Waals surface area contributed by atoms with Gasteiger partial charge in [-0.3, -0.25) is 4.90 Å². The van der Waals surface area contributed by atoms with E-state index in [4.69, 9.17) is 4.74 Å². The third-order valence-corrected chi connectivity index (χ3v) is 6.38. The van der Waals surface area contributed by atoms with Crippen molar-refractivity contribution in [3.05, 3.63) is 35.7 Å². The van der Waals surface area contributed by atoms with Crippen LogP contribution in [-0.2, 0) is 17.5 Å². The van der Waals surface area contributed by atoms with E-state index in [0.29, 0.717) is 25.3 Å². The molecule has 0 N–H and O–H groups in total. The van der Waals surface area contributed by atoms with Crippen molar-refractivity contribution < 1.29 is 17.9 Å². The summed E-state index contributed by atoms with van der Waals surface area (Å²) in [4.78, 5) is 4.40. The molecule has 3 heterocycles. The SMILES string of the molecule is CCCCC(c1nnnn1CC1CCCO1)N1CCN(c2cccc(C(F)(F)F)c2)CC1. The van der Waals surface area contributed by atoms with Gasteiger partial charge in [0.15, 0.2) is 5.82 Å². The summed E-state index contributed by atoms with van der Waals surface area (Å²) in [5.41, 5.74) is 0.0133. The summed E-state index contributed by atoms with van der Waals surface area (Å²) in [6.07, 6.45) is 1.00. The van der Waals surface area contributed by atoms with Crippen molar-refractivity contribution >= 4 is 5.69 Å². The first-order valence-electron chi connectivity index (χ1n) is 11.5. The zero-order chi connectivity index (χ0) is 22.6. The van der Waals surface area contributed by atoms with Crippen LogP contribution in [0.3, 0.4) is 0 Å². The van der Waals surface area contributed by atoms with Crippen molar-refractivity contribution in [2.45, 2.75) is 63.9 Å². The van der Waals surface area contributed by atoms with Crippen LogP contribution in [0.15, 0.2) is 24.3 Å². The van der Waals surface area contributed by atoms with Crippen LogP contribution in [0.4, 0.5) is 18.9 Å². The highest BCUT2D eigenvalue weighted by molar-refractivity contribution is 5.49. The van der Waals surface area contributed by atoms with Gasteiger partial charge < -0.3 is 9.64 Å². The standard InChI is InChI=1S/C22H31F3N6O/c1-2-3-9-20(21-26-27-28-31(21)16-19-8-5-14-32-19)30-12-10-29(11-13-30)18-7-4-6-17(15-18)22(23,24)25/h4,6-7,15,19-20H,2-3,5,8-14,16H2,1H3. The molecule has 2 aliphatic heterocycles. The molecule has 176 valence electrons. The largest absolute Gasteiger partial charge is 0.416 e. The summed E-state index contributed by atoms with van der Waals surface area (Å²) < 4.78 is 47.0. The molecular weight excluding hydrogens is 421 g/mol. The molecule has 0 spiro atoms. The van der Waals surface area contributed by atoms with Crippen LogP contribution in [0.25, 0.3) is 0 Å². The van der Waals surface area contributed by atoms with Gasteiger partial charge in [-0.25, -0.2) is 4.68 Å². The van der Waals surface area contributed by atoms with Crippen molar-refractivity contribution in [2.75, 3.05) is 37.7 Å². The van der Waals surface area contributed by atoms with Gasteiger partial charge in [0.1, 0.15) is 0 Å². The Morgan fingerprint density at radius 2 is 2.00 bits per heavy atom. The third kappa shape index (κ3) is 5.40. The number of ether oxygens (including phenoxy) is 1. The number of nitrogens with zero attached hydrogens (tertiary/aromatic N) is 6. The summed E-state index contributed by atoms with van der Waals surface area (Å²) in [6, 6.07) is 5.69. The van der Waals surface area contributed by atoms with Gasteiger partial charge in [0.05, 0.1) is 24.3 Å². The number of hydrogen-bond acceptors (Lipinski definition) is 6. The highest BCUT2D eigenvalue weighted by atomic mass is 19.4. The number of rotatable bonds is 8. The minimum absolute atomic E-state index is 0.0926. The molecule has 2 unspecified atom stereocenters. The fourth-order valence-electron chi connectivity index (χ4n) is 4.60. The Bertz CT molecular complexity index is 859. The van der Waals surface area contributed by atoms with E-state index in [1.54, 1.807) is 6.07 Å². The normalized spacial score (nSPS) is 21.2. The van der Waals surface area contributed by atoms with E-state index < -0.39 is 11.7 Å². The molecule has 7 nitrogen and oxygen atoms in total. The predicted molar refractivity (Wildman–Crippen MR) is 114 cm³/mol. The maximum absolute atomic E-state index is 13.1. The van der Waals surface area contributed by atoms with E-state index in [2.05, 4.69) is 27.3 Å². The second kappa shape index (κ2) is 10.2. The molecule has 4 rings (SSSR count). The maximum atomic E-state index is 13.1. The van der Waals surface area contributed by atoms with Crippen LogP contribution in [-0.4, -0.2) is 64.0 Å². The van der Waals surface area contributed by atoms with E-state index in [1.165, 1.54) is 12.1 Å². The van der Waals surface area contributed by atoms with E-state index in [9.17, 15) is 13.2 Å². The Morgan fingerprint density at radius 3 is 2.69 bits per heavy atom. The number of tetrazole rings is 1. The Balaban J connectivity index is 1.45. The lowest BCUT2D eigenvalue weighted by atomic mass is 10.1. The molecule has 0 saturated carbocycles. The second-order valence-corrected chi connectivity index (χ2v) is 8.58. The van der Waals surface area contributed by atoms with Crippen LogP contribution in [0.2, 0.25) is 0 Å². The smallest absolute Gasteiger partial charge is 0.376 e. The van der Waals surface area contributed by atoms with Crippen molar-refractivity contribution in [3.8, 4) is 0 Å². The molecule has 2 atom stereocenters. The van der Waals surface area contributed by atoms with Gasteiger partial charge in [-0.05, 0) is 47.9 Å². The molecule has 2 aliphatic rings. The summed E-state index contributed by atoms with van der Waals surface area (Å²) >= 11 is 0. The molecule has 0 radical (unpaired) electrons. The molecule has 1 aromatic heterocycles. The fraction of sp³-hybridized carbons (Fsp3) is 0.682. The van der Waals surface area contributed by atoms with Crippen LogP contribution >= 0.6 is 0 Å². The number of unbranched alkanes of at least 4 members (excludes halogenated alkanes) is 1. The zero-order valence-electron chi connectivity index (χ0n) is 18.5. The van der Waals surface area contributed by atoms with Gasteiger partial charge in [0.25, 0.3) is 0 Å². The molecular formula is C22H31F3N6O. The maximum Gasteiger partial charge on any atom is 0.416 e. The first-order valence-corrected chi connectivity index (χ1v) is 11.5. The number of hydrogen-bond donors (Lipinski definition) is 0. The van der Waals surface area contributed by atoms with Crippen LogP contribution in [0.5, 0.6) is 0 Å². The van der Waals surface area contributed by atoms with Crippen molar-refractivity contribution in [3.63, 3.8) is 0 Å². The van der Waals surface area contributed by atoms with Gasteiger partial charge >= 0.3 is 6.18 Å². The zero-order valence-corrected chi connectivity index (χ0v) is 18.5. The summed E-state index contributed by atoms with van der Waals surface area (Å²) in [5, 5.41) is 12.5. The van der Waals surface area contributed by atoms with Gasteiger partial charge in [-0.1, -0.05) is 25.8 Å². The van der Waals surface area contributed by atoms with Crippen molar-refractivity contribution in [1.82, 2.24) is 25.1 Å². The number of halogens is 3. The first kappa shape index (κ1) is 23.0. The summed E-state index contributed by atoms with van der Waals surface area (Å²) in [5.74, 6) is 0.862. The predicted octanol–water partition coefficient (Wildman–Crippen LogP) is 3.92. The van der Waals surface area contributed by atoms with Crippen LogP contribution < -0.4 is 4.90 Å². The Kier molecular flexibility index (Phi) is 7.30. The molecule has 32 heavy (non-hydrogen) atoms. The minimum Gasteiger partial charge on any atom is -0.376 e. The molecule has 1 aromatic carbocycles. The molecule has 2 fully saturated rings. The van der Waals surface area contributed by atoms with E-state index in [-0.39, 0.29) is 12.1 Å². The molecule has 0 amide bonds. The lowest BCUT2D eigenvalue weighted by molar-refractivity contribution is -0.137. The fourth-order valence-corrected chi connectivity index (χ4v) is 4.60. The lowest BCUT2D eigenvalue weighted by Gasteiger charge is -2.40. The number of aromatic nitrogens is 4. The highest BCUT2D eigenvalue weighted by Gasteiger charge is 2.32. The van der Waals surface area contributed by atoms with Gasteiger partial charge in [-0.15, -0.1) is 5.10 Å². The lowest BCUT2D eigenvalue weighted by Crippen LogP contribution is -2.48. The van der Waals surface area contributed by atoms with Crippen LogP contribution in [0, 0.1) is 0 Å². The van der Waals surface area contributed by atoms with Crippen LogP contribution in [0.1, 0.15) is 56.5 Å². The second-order valence-electron chi connectivity index (χ2n) is 8.58. The first-order chi connectivity index (χ1) is 15.5. The molecule has 0 aliphatic carbocycles. The number of alkyl halides is 3. The van der Waals surface area contributed by atoms with Gasteiger partial charge in [0, 0.05) is 38.5 Å². The minimum atomic E-state index is -4.33. The van der Waals surface area contributed by atoms with E-state index in [0.717, 1.165) is 63.7 Å². The molecule has 2 aromatic rings. The summed E-state index contributed by atoms with van der Waals surface area (Å²) in [6.45, 7) is 6.44. The third-order valence-electron chi connectivity index (χ3n) is 6.38. The number of benzene rings is 1. The average Bonchev–Trinajstić information content (AvgIpc) is 3.47.